The van der Waals surface area contributed by atoms with Gasteiger partial charge in [0.25, 0.3) is 0 Å². The quantitative estimate of drug-likeness (QED) is 0.415. The Kier molecular flexibility index (Phi) is 1.83. The van der Waals surface area contributed by atoms with Crippen LogP contribution in [0.2, 0.25) is 0 Å². The zero-order valence-corrected chi connectivity index (χ0v) is 4.67. The van der Waals surface area contributed by atoms with Crippen molar-refractivity contribution in [3.63, 3.8) is 0 Å². The fraction of sp³-hybridized carbons (Fsp3) is 1.00. The van der Waals surface area contributed by atoms with E-state index in [0.29, 0.717) is 5.92 Å². The highest BCUT2D eigenvalue weighted by Gasteiger charge is 2.23. The van der Waals surface area contributed by atoms with Gasteiger partial charge in [0.1, 0.15) is 0 Å². The molecule has 3 heteroatoms. The van der Waals surface area contributed by atoms with Crippen molar-refractivity contribution >= 4 is 0 Å². The number of rotatable bonds is 2. The highest BCUT2D eigenvalue weighted by atomic mass is 16.3. The van der Waals surface area contributed by atoms with Gasteiger partial charge in [-0.25, -0.2) is 0 Å². The summed E-state index contributed by atoms with van der Waals surface area (Å²) < 4.78 is 0. The molecule has 1 atom stereocenters. The molecule has 1 saturated heterocycles. The predicted octanol–water partition coefficient (Wildman–Crippen LogP) is -1.44. The molecule has 0 saturated carbocycles. The normalized spacial score (nSPS) is 24.8. The van der Waals surface area contributed by atoms with Crippen molar-refractivity contribution in [2.75, 3.05) is 19.7 Å². The first-order chi connectivity index (χ1) is 3.84. The second-order valence-corrected chi connectivity index (χ2v) is 2.17. The van der Waals surface area contributed by atoms with Crippen molar-refractivity contribution in [2.24, 2.45) is 5.92 Å². The maximum atomic E-state index is 8.89. The number of hydrogen-bond donors (Lipinski definition) is 3. The van der Waals surface area contributed by atoms with Crippen LogP contribution in [0.5, 0.6) is 0 Å². The Morgan fingerprint density at radius 1 is 1.62 bits per heavy atom. The average molecular weight is 117 g/mol. The number of aliphatic hydroxyl groups excluding tert-OH is 2. The summed E-state index contributed by atoms with van der Waals surface area (Å²) in [5.41, 5.74) is 0. The van der Waals surface area contributed by atoms with Crippen molar-refractivity contribution in [3.8, 4) is 0 Å². The molecule has 0 bridgehead atoms. The summed E-state index contributed by atoms with van der Waals surface area (Å²) in [6.07, 6.45) is -0.503. The van der Waals surface area contributed by atoms with Gasteiger partial charge >= 0.3 is 0 Å². The molecule has 1 rings (SSSR count). The third-order valence-corrected chi connectivity index (χ3v) is 1.54. The summed E-state index contributed by atoms with van der Waals surface area (Å²) in [5, 5.41) is 20.3. The average Bonchev–Trinajstić information content (AvgIpc) is 1.62. The summed E-state index contributed by atoms with van der Waals surface area (Å²) in [4.78, 5) is 0. The van der Waals surface area contributed by atoms with E-state index in [2.05, 4.69) is 5.32 Å². The lowest BCUT2D eigenvalue weighted by molar-refractivity contribution is 0.0267. The molecule has 3 nitrogen and oxygen atoms in total. The minimum atomic E-state index is -0.503. The first-order valence-corrected chi connectivity index (χ1v) is 2.84. The van der Waals surface area contributed by atoms with Crippen LogP contribution in [0.4, 0.5) is 0 Å². The molecule has 0 aromatic heterocycles. The maximum Gasteiger partial charge on any atom is 0.0823 e. The first-order valence-electron chi connectivity index (χ1n) is 2.84. The van der Waals surface area contributed by atoms with E-state index < -0.39 is 6.10 Å². The summed E-state index contributed by atoms with van der Waals surface area (Å²) in [5.74, 6) is 0.292. The second kappa shape index (κ2) is 2.44. The van der Waals surface area contributed by atoms with Crippen LogP contribution in [0.3, 0.4) is 0 Å². The number of nitrogens with one attached hydrogen (secondary N) is 1. The first kappa shape index (κ1) is 6.01. The smallest absolute Gasteiger partial charge is 0.0823 e. The van der Waals surface area contributed by atoms with E-state index in [1.807, 2.05) is 0 Å². The Labute approximate surface area is 48.3 Å². The standard InChI is InChI=1S/C5H11NO2/c7-3-5(8)4-1-6-2-4/h4-8H,1-3H2/t5-/m1/s1. The SMILES string of the molecule is OC[C@@H](O)C1CNC1. The fourth-order valence-electron chi connectivity index (χ4n) is 0.732. The Balaban J connectivity index is 2.13. The van der Waals surface area contributed by atoms with Crippen LogP contribution in [0.15, 0.2) is 0 Å². The van der Waals surface area contributed by atoms with E-state index in [0.717, 1.165) is 13.1 Å². The molecule has 0 radical (unpaired) electrons. The maximum absolute atomic E-state index is 8.89. The summed E-state index contributed by atoms with van der Waals surface area (Å²) in [6, 6.07) is 0. The molecular weight excluding hydrogens is 106 g/mol. The molecule has 0 aromatic carbocycles. The molecule has 3 N–H and O–H groups in total. The van der Waals surface area contributed by atoms with Gasteiger partial charge in [0, 0.05) is 19.0 Å². The van der Waals surface area contributed by atoms with Gasteiger partial charge < -0.3 is 15.5 Å². The second-order valence-electron chi connectivity index (χ2n) is 2.17. The van der Waals surface area contributed by atoms with Crippen LogP contribution in [0.1, 0.15) is 0 Å². The molecule has 0 amide bonds. The van der Waals surface area contributed by atoms with Crippen LogP contribution in [-0.2, 0) is 0 Å². The third-order valence-electron chi connectivity index (χ3n) is 1.54. The van der Waals surface area contributed by atoms with E-state index in [4.69, 9.17) is 10.2 Å². The Morgan fingerprint density at radius 3 is 2.38 bits per heavy atom. The van der Waals surface area contributed by atoms with Crippen LogP contribution in [-0.4, -0.2) is 36.0 Å². The molecule has 0 unspecified atom stereocenters. The van der Waals surface area contributed by atoms with E-state index in [9.17, 15) is 0 Å². The van der Waals surface area contributed by atoms with Crippen molar-refractivity contribution in [1.82, 2.24) is 5.32 Å². The lowest BCUT2D eigenvalue weighted by Crippen LogP contribution is -2.49. The molecule has 0 aromatic rings. The highest BCUT2D eigenvalue weighted by Crippen LogP contribution is 2.07. The Hall–Kier alpha value is -0.120. The van der Waals surface area contributed by atoms with Crippen LogP contribution < -0.4 is 5.32 Å². The summed E-state index contributed by atoms with van der Waals surface area (Å²) in [7, 11) is 0. The molecule has 0 spiro atoms. The van der Waals surface area contributed by atoms with Crippen LogP contribution in [0, 0.1) is 5.92 Å². The highest BCUT2D eigenvalue weighted by molar-refractivity contribution is 4.80. The molecule has 1 fully saturated rings. The minimum absolute atomic E-state index is 0.105. The third kappa shape index (κ3) is 0.992. The minimum Gasteiger partial charge on any atom is -0.394 e. The van der Waals surface area contributed by atoms with Gasteiger partial charge in [0.2, 0.25) is 0 Å². The largest absolute Gasteiger partial charge is 0.394 e. The summed E-state index contributed by atoms with van der Waals surface area (Å²) >= 11 is 0. The van der Waals surface area contributed by atoms with Crippen molar-refractivity contribution < 1.29 is 10.2 Å². The van der Waals surface area contributed by atoms with Gasteiger partial charge in [-0.15, -0.1) is 0 Å². The van der Waals surface area contributed by atoms with Crippen LogP contribution in [0.25, 0.3) is 0 Å². The van der Waals surface area contributed by atoms with Crippen molar-refractivity contribution in [1.29, 1.82) is 0 Å². The predicted molar refractivity (Wildman–Crippen MR) is 29.5 cm³/mol. The molecule has 1 aliphatic rings. The molecule has 1 aliphatic heterocycles. The van der Waals surface area contributed by atoms with Crippen LogP contribution >= 0.6 is 0 Å². The molecule has 48 valence electrons. The molecule has 8 heavy (non-hydrogen) atoms. The van der Waals surface area contributed by atoms with Gasteiger partial charge in [-0.1, -0.05) is 0 Å². The molecule has 0 aliphatic carbocycles. The van der Waals surface area contributed by atoms with Crippen molar-refractivity contribution in [3.05, 3.63) is 0 Å². The Bertz CT molecular complexity index is 70.1. The monoisotopic (exact) mass is 117 g/mol. The van der Waals surface area contributed by atoms with Gasteiger partial charge in [-0.2, -0.15) is 0 Å². The zero-order chi connectivity index (χ0) is 5.98. The number of aliphatic hydroxyl groups is 2. The molecular formula is C5H11NO2. The Morgan fingerprint density at radius 2 is 2.25 bits per heavy atom. The van der Waals surface area contributed by atoms with Crippen molar-refractivity contribution in [2.45, 2.75) is 6.10 Å². The van der Waals surface area contributed by atoms with Gasteiger partial charge in [-0.3, -0.25) is 0 Å². The van der Waals surface area contributed by atoms with E-state index >= 15 is 0 Å². The van der Waals surface area contributed by atoms with Gasteiger partial charge in [-0.05, 0) is 0 Å². The van der Waals surface area contributed by atoms with Gasteiger partial charge in [0.05, 0.1) is 12.7 Å². The lowest BCUT2D eigenvalue weighted by atomic mass is 9.97. The van der Waals surface area contributed by atoms with E-state index in [1.54, 1.807) is 0 Å². The lowest BCUT2D eigenvalue weighted by Gasteiger charge is -2.30. The van der Waals surface area contributed by atoms with Gasteiger partial charge in [0.15, 0.2) is 0 Å². The van der Waals surface area contributed by atoms with E-state index in [-0.39, 0.29) is 6.61 Å². The summed E-state index contributed by atoms with van der Waals surface area (Å²) in [6.45, 7) is 1.59. The fourth-order valence-corrected chi connectivity index (χ4v) is 0.732. The topological polar surface area (TPSA) is 52.5 Å². The number of hydrogen-bond acceptors (Lipinski definition) is 3. The van der Waals surface area contributed by atoms with E-state index in [1.165, 1.54) is 0 Å². The zero-order valence-electron chi connectivity index (χ0n) is 4.67. The molecule has 1 heterocycles.